The molecule has 2 saturated heterocycles. The number of benzene rings is 2. The van der Waals surface area contributed by atoms with Crippen LogP contribution in [0.25, 0.3) is 10.9 Å². The van der Waals surface area contributed by atoms with Gasteiger partial charge in [-0.1, -0.05) is 6.92 Å². The monoisotopic (exact) mass is 517 g/mol. The van der Waals surface area contributed by atoms with Crippen LogP contribution in [0.15, 0.2) is 48.7 Å². The number of nitrogens with one attached hydrogen (secondary N) is 1. The molecule has 2 amide bonds. The SMILES string of the molecule is COc1cc2nccc(Oc3ccc(NC(=O)C4(C(=O)N5CC(C)CC6(CO6)C5)CC4)cc3)c2cc1OC. The Kier molecular flexibility index (Phi) is 5.90. The van der Waals surface area contributed by atoms with Crippen molar-refractivity contribution in [2.45, 2.75) is 31.8 Å². The zero-order valence-corrected chi connectivity index (χ0v) is 21.8. The number of anilines is 1. The molecule has 2 atom stereocenters. The number of aromatic nitrogens is 1. The number of nitrogens with zero attached hydrogens (tertiary/aromatic N) is 2. The summed E-state index contributed by atoms with van der Waals surface area (Å²) in [7, 11) is 3.16. The number of amides is 2. The van der Waals surface area contributed by atoms with Crippen molar-refractivity contribution < 1.29 is 28.5 Å². The molecular formula is C29H31N3O6. The lowest BCUT2D eigenvalue weighted by molar-refractivity contribution is -0.145. The Labute approximate surface area is 221 Å². The van der Waals surface area contributed by atoms with Crippen LogP contribution in [0.5, 0.6) is 23.0 Å². The number of pyridine rings is 1. The molecule has 3 heterocycles. The molecule has 1 N–H and O–H groups in total. The number of rotatable bonds is 7. The van der Waals surface area contributed by atoms with Crippen LogP contribution in [0.2, 0.25) is 0 Å². The molecule has 3 aromatic rings. The lowest BCUT2D eigenvalue weighted by atomic mass is 9.89. The van der Waals surface area contributed by atoms with Crippen LogP contribution < -0.4 is 19.5 Å². The quantitative estimate of drug-likeness (QED) is 0.366. The smallest absolute Gasteiger partial charge is 0.240 e. The Morgan fingerprint density at radius 1 is 1.05 bits per heavy atom. The summed E-state index contributed by atoms with van der Waals surface area (Å²) in [6.07, 6.45) is 3.79. The van der Waals surface area contributed by atoms with E-state index in [1.54, 1.807) is 56.8 Å². The molecule has 3 aliphatic rings. The summed E-state index contributed by atoms with van der Waals surface area (Å²) >= 11 is 0. The highest BCUT2D eigenvalue weighted by atomic mass is 16.6. The number of hydrogen-bond acceptors (Lipinski definition) is 7. The molecule has 2 aliphatic heterocycles. The van der Waals surface area contributed by atoms with Crippen molar-refractivity contribution in [3.63, 3.8) is 0 Å². The third-order valence-corrected chi connectivity index (χ3v) is 7.71. The van der Waals surface area contributed by atoms with Crippen molar-refractivity contribution in [3.05, 3.63) is 48.7 Å². The van der Waals surface area contributed by atoms with Crippen LogP contribution in [0.4, 0.5) is 5.69 Å². The summed E-state index contributed by atoms with van der Waals surface area (Å²) in [5.41, 5.74) is 0.165. The third kappa shape index (κ3) is 4.41. The van der Waals surface area contributed by atoms with Gasteiger partial charge in [-0.2, -0.15) is 0 Å². The van der Waals surface area contributed by atoms with Crippen LogP contribution in [-0.2, 0) is 14.3 Å². The van der Waals surface area contributed by atoms with Gasteiger partial charge in [-0.25, -0.2) is 0 Å². The normalized spacial score (nSPS) is 23.1. The number of fused-ring (bicyclic) bond motifs is 1. The molecular weight excluding hydrogens is 486 g/mol. The number of piperidine rings is 1. The van der Waals surface area contributed by atoms with E-state index in [9.17, 15) is 9.59 Å². The lowest BCUT2D eigenvalue weighted by Gasteiger charge is -2.36. The minimum atomic E-state index is -0.974. The van der Waals surface area contributed by atoms with E-state index in [0.29, 0.717) is 72.7 Å². The second-order valence-electron chi connectivity index (χ2n) is 10.7. The third-order valence-electron chi connectivity index (χ3n) is 7.71. The van der Waals surface area contributed by atoms with Gasteiger partial charge in [-0.3, -0.25) is 14.6 Å². The van der Waals surface area contributed by atoms with Crippen molar-refractivity contribution >= 4 is 28.4 Å². The molecule has 2 aromatic carbocycles. The summed E-state index contributed by atoms with van der Waals surface area (Å²) in [6.45, 7) is 4.09. The second-order valence-corrected chi connectivity index (χ2v) is 10.7. The number of carbonyl (C=O) groups excluding carboxylic acids is 2. The standard InChI is InChI=1S/C29H31N3O6/c1-18-14-28(17-37-28)16-32(15-18)27(34)29(9-10-29)26(33)31-19-4-6-20(7-5-19)38-23-8-11-30-22-13-25(36-3)24(35-2)12-21(22)23/h4-8,11-13,18H,9-10,14-17H2,1-3H3,(H,31,33). The van der Waals surface area contributed by atoms with Crippen molar-refractivity contribution in [2.24, 2.45) is 11.3 Å². The maximum atomic E-state index is 13.4. The summed E-state index contributed by atoms with van der Waals surface area (Å²) in [4.78, 5) is 32.9. The summed E-state index contributed by atoms with van der Waals surface area (Å²) in [5, 5.41) is 3.73. The van der Waals surface area contributed by atoms with E-state index in [1.165, 1.54) is 0 Å². The molecule has 198 valence electrons. The highest BCUT2D eigenvalue weighted by Gasteiger charge is 2.60. The molecule has 0 bridgehead atoms. The number of carbonyl (C=O) groups is 2. The van der Waals surface area contributed by atoms with Gasteiger partial charge in [-0.05, 0) is 61.6 Å². The summed E-state index contributed by atoms with van der Waals surface area (Å²) in [6, 6.07) is 12.5. The first-order valence-corrected chi connectivity index (χ1v) is 12.9. The highest BCUT2D eigenvalue weighted by Crippen LogP contribution is 2.50. The minimum Gasteiger partial charge on any atom is -0.493 e. The predicted octanol–water partition coefficient (Wildman–Crippen LogP) is 4.40. The number of likely N-dealkylation sites (tertiary alicyclic amines) is 1. The van der Waals surface area contributed by atoms with Crippen LogP contribution in [0, 0.1) is 11.3 Å². The molecule has 38 heavy (non-hydrogen) atoms. The van der Waals surface area contributed by atoms with E-state index < -0.39 is 5.41 Å². The first-order valence-electron chi connectivity index (χ1n) is 12.9. The van der Waals surface area contributed by atoms with Gasteiger partial charge in [0.25, 0.3) is 0 Å². The van der Waals surface area contributed by atoms with Crippen molar-refractivity contribution in [3.8, 4) is 23.0 Å². The fourth-order valence-corrected chi connectivity index (χ4v) is 5.50. The zero-order valence-electron chi connectivity index (χ0n) is 21.8. The van der Waals surface area contributed by atoms with Crippen LogP contribution in [0.3, 0.4) is 0 Å². The topological polar surface area (TPSA) is 103 Å². The first-order chi connectivity index (χ1) is 18.3. The molecule has 9 heteroatoms. The van der Waals surface area contributed by atoms with Gasteiger partial charge in [-0.15, -0.1) is 0 Å². The van der Waals surface area contributed by atoms with E-state index in [-0.39, 0.29) is 17.4 Å². The van der Waals surface area contributed by atoms with Crippen LogP contribution in [0.1, 0.15) is 26.2 Å². The Balaban J connectivity index is 1.14. The second kappa shape index (κ2) is 9.16. The molecule has 1 aromatic heterocycles. The van der Waals surface area contributed by atoms with Crippen LogP contribution in [-0.4, -0.2) is 61.2 Å². The van der Waals surface area contributed by atoms with Crippen molar-refractivity contribution in [2.75, 3.05) is 39.2 Å². The van der Waals surface area contributed by atoms with Crippen LogP contribution >= 0.6 is 0 Å². The number of ether oxygens (including phenoxy) is 4. The summed E-state index contributed by atoms with van der Waals surface area (Å²) < 4.78 is 22.6. The molecule has 6 rings (SSSR count). The van der Waals surface area contributed by atoms with Gasteiger partial charge in [0.15, 0.2) is 11.5 Å². The predicted molar refractivity (Wildman–Crippen MR) is 141 cm³/mol. The Morgan fingerprint density at radius 3 is 2.42 bits per heavy atom. The van der Waals surface area contributed by atoms with Gasteiger partial charge < -0.3 is 29.2 Å². The molecule has 1 spiro atoms. The molecule has 9 nitrogen and oxygen atoms in total. The van der Waals surface area contributed by atoms with Crippen molar-refractivity contribution in [1.29, 1.82) is 0 Å². The lowest BCUT2D eigenvalue weighted by Crippen LogP contribution is -2.52. The number of hydrogen-bond donors (Lipinski definition) is 1. The van der Waals surface area contributed by atoms with E-state index in [2.05, 4.69) is 17.2 Å². The van der Waals surface area contributed by atoms with Crippen molar-refractivity contribution in [1.82, 2.24) is 9.88 Å². The minimum absolute atomic E-state index is 0.0759. The average molecular weight is 518 g/mol. The Morgan fingerprint density at radius 2 is 1.76 bits per heavy atom. The molecule has 1 aliphatic carbocycles. The zero-order chi connectivity index (χ0) is 26.5. The highest BCUT2D eigenvalue weighted by molar-refractivity contribution is 6.13. The molecule has 1 saturated carbocycles. The Hall–Kier alpha value is -3.85. The molecule has 3 fully saturated rings. The van der Waals surface area contributed by atoms with Gasteiger partial charge in [0.1, 0.15) is 22.5 Å². The van der Waals surface area contributed by atoms with E-state index in [4.69, 9.17) is 18.9 Å². The largest absolute Gasteiger partial charge is 0.493 e. The van der Waals surface area contributed by atoms with Gasteiger partial charge >= 0.3 is 0 Å². The average Bonchev–Trinajstić information content (AvgIpc) is 3.86. The summed E-state index contributed by atoms with van der Waals surface area (Å²) in [5.74, 6) is 2.42. The molecule has 0 radical (unpaired) electrons. The van der Waals surface area contributed by atoms with Gasteiger partial charge in [0, 0.05) is 29.9 Å². The maximum Gasteiger partial charge on any atom is 0.240 e. The Bertz CT molecular complexity index is 1400. The van der Waals surface area contributed by atoms with Gasteiger partial charge in [0.05, 0.1) is 32.9 Å². The van der Waals surface area contributed by atoms with Gasteiger partial charge in [0.2, 0.25) is 11.8 Å². The number of methoxy groups -OCH3 is 2. The van der Waals surface area contributed by atoms with E-state index in [1.807, 2.05) is 11.0 Å². The fourth-order valence-electron chi connectivity index (χ4n) is 5.50. The fraction of sp³-hybridized carbons (Fsp3) is 0.414. The van der Waals surface area contributed by atoms with E-state index >= 15 is 0 Å². The molecule has 2 unspecified atom stereocenters. The van der Waals surface area contributed by atoms with E-state index in [0.717, 1.165) is 11.8 Å². The number of epoxide rings is 1. The maximum absolute atomic E-state index is 13.4. The first kappa shape index (κ1) is 24.5.